The predicted octanol–water partition coefficient (Wildman–Crippen LogP) is -0.622. The van der Waals surface area contributed by atoms with E-state index in [9.17, 15) is 14.4 Å². The van der Waals surface area contributed by atoms with Crippen molar-refractivity contribution in [1.29, 1.82) is 0 Å². The molecule has 1 aromatic rings. The molecule has 0 bridgehead atoms. The summed E-state index contributed by atoms with van der Waals surface area (Å²) < 4.78 is 0. The molecule has 0 heterocycles. The fraction of sp³-hybridized carbons (Fsp3) is 0.357. The maximum absolute atomic E-state index is 12.0. The molecule has 0 fully saturated rings. The van der Waals surface area contributed by atoms with Gasteiger partial charge in [0.1, 0.15) is 11.8 Å². The molecule has 6 heteroatoms. The van der Waals surface area contributed by atoms with Gasteiger partial charge in [0.05, 0.1) is 13.1 Å². The molecule has 0 saturated carbocycles. The smallest absolute Gasteiger partial charge is 0.243 e. The van der Waals surface area contributed by atoms with Crippen LogP contribution in [0.5, 0.6) is 0 Å². The van der Waals surface area contributed by atoms with Crippen molar-refractivity contribution in [3.8, 4) is 0 Å². The molecule has 1 atom stereocenters. The molecule has 0 aliphatic heterocycles. The summed E-state index contributed by atoms with van der Waals surface area (Å²) in [5.74, 6) is -0.961. The van der Waals surface area contributed by atoms with Crippen molar-refractivity contribution in [2.24, 2.45) is 5.73 Å². The molecular weight excluding hydrogens is 258 g/mol. The van der Waals surface area contributed by atoms with Gasteiger partial charge >= 0.3 is 0 Å². The molecule has 20 heavy (non-hydrogen) atoms. The minimum atomic E-state index is -0.743. The molecule has 1 aromatic carbocycles. The Kier molecular flexibility index (Phi) is 6.39. The van der Waals surface area contributed by atoms with E-state index in [-0.39, 0.29) is 18.9 Å². The second-order valence-corrected chi connectivity index (χ2v) is 4.43. The summed E-state index contributed by atoms with van der Waals surface area (Å²) in [6.45, 7) is 1.14. The molecule has 1 rings (SSSR count). The zero-order valence-electron chi connectivity index (χ0n) is 11.4. The van der Waals surface area contributed by atoms with E-state index in [1.54, 1.807) is 0 Å². The van der Waals surface area contributed by atoms with Gasteiger partial charge in [-0.1, -0.05) is 30.3 Å². The highest BCUT2D eigenvalue weighted by atomic mass is 16.2. The standard InChI is InChI=1S/C14H19N3O3/c1-10(18)9-16-14(20)12(17-13(19)8-15)7-11-5-3-2-4-6-11/h2-6,12H,7-9,15H2,1H3,(H,16,20)(H,17,19)/t12-/m0/s1. The molecule has 0 aromatic heterocycles. The maximum atomic E-state index is 12.0. The van der Waals surface area contributed by atoms with Gasteiger partial charge in [-0.2, -0.15) is 0 Å². The van der Waals surface area contributed by atoms with Gasteiger partial charge in [0.2, 0.25) is 11.8 Å². The summed E-state index contributed by atoms with van der Waals surface area (Å²) >= 11 is 0. The Morgan fingerprint density at radius 3 is 2.40 bits per heavy atom. The number of ketones is 1. The zero-order valence-corrected chi connectivity index (χ0v) is 11.4. The number of Topliss-reactive ketones (excluding diaryl/α,β-unsaturated/α-hetero) is 1. The first-order valence-electron chi connectivity index (χ1n) is 6.33. The first kappa shape index (κ1) is 15.8. The number of amides is 2. The van der Waals surface area contributed by atoms with Crippen LogP contribution in [0, 0.1) is 0 Å². The highest BCUT2D eigenvalue weighted by Crippen LogP contribution is 2.03. The Morgan fingerprint density at radius 2 is 1.85 bits per heavy atom. The summed E-state index contributed by atoms with van der Waals surface area (Å²) in [7, 11) is 0. The number of rotatable bonds is 7. The lowest BCUT2D eigenvalue weighted by atomic mass is 10.1. The molecule has 0 unspecified atom stereocenters. The number of benzene rings is 1. The van der Waals surface area contributed by atoms with Crippen LogP contribution in [0.25, 0.3) is 0 Å². The molecule has 4 N–H and O–H groups in total. The largest absolute Gasteiger partial charge is 0.347 e. The monoisotopic (exact) mass is 277 g/mol. The van der Waals surface area contributed by atoms with E-state index < -0.39 is 17.9 Å². The number of carbonyl (C=O) groups is 3. The highest BCUT2D eigenvalue weighted by molar-refractivity contribution is 5.91. The van der Waals surface area contributed by atoms with Gasteiger partial charge in [0.15, 0.2) is 0 Å². The Labute approximate surface area is 117 Å². The van der Waals surface area contributed by atoms with Crippen LogP contribution < -0.4 is 16.4 Å². The summed E-state index contributed by atoms with van der Waals surface area (Å²) in [6.07, 6.45) is 0.344. The lowest BCUT2D eigenvalue weighted by Gasteiger charge is -2.18. The number of hydrogen-bond donors (Lipinski definition) is 3. The minimum Gasteiger partial charge on any atom is -0.347 e. The SMILES string of the molecule is CC(=O)CNC(=O)[C@H](Cc1ccccc1)NC(=O)CN. The lowest BCUT2D eigenvalue weighted by molar-refractivity contribution is -0.129. The van der Waals surface area contributed by atoms with E-state index in [4.69, 9.17) is 5.73 Å². The molecule has 108 valence electrons. The van der Waals surface area contributed by atoms with Crippen LogP contribution in [0.2, 0.25) is 0 Å². The fourth-order valence-corrected chi connectivity index (χ4v) is 1.65. The van der Waals surface area contributed by atoms with E-state index in [1.165, 1.54) is 6.92 Å². The second-order valence-electron chi connectivity index (χ2n) is 4.43. The highest BCUT2D eigenvalue weighted by Gasteiger charge is 2.20. The fourth-order valence-electron chi connectivity index (χ4n) is 1.65. The number of nitrogens with one attached hydrogen (secondary N) is 2. The molecule has 2 amide bonds. The van der Waals surface area contributed by atoms with Crippen molar-refractivity contribution in [3.05, 3.63) is 35.9 Å². The third-order valence-corrected chi connectivity index (χ3v) is 2.63. The second kappa shape index (κ2) is 8.06. The van der Waals surface area contributed by atoms with Gasteiger partial charge in [-0.15, -0.1) is 0 Å². The number of nitrogens with two attached hydrogens (primary N) is 1. The lowest BCUT2D eigenvalue weighted by Crippen LogP contribution is -2.50. The van der Waals surface area contributed by atoms with E-state index in [0.29, 0.717) is 6.42 Å². The van der Waals surface area contributed by atoms with Crippen LogP contribution in [-0.2, 0) is 20.8 Å². The molecule has 0 aliphatic carbocycles. The third-order valence-electron chi connectivity index (χ3n) is 2.63. The predicted molar refractivity (Wildman–Crippen MR) is 74.8 cm³/mol. The quantitative estimate of drug-likeness (QED) is 0.618. The summed E-state index contributed by atoms with van der Waals surface area (Å²) in [4.78, 5) is 34.2. The van der Waals surface area contributed by atoms with Crippen molar-refractivity contribution in [2.75, 3.05) is 13.1 Å². The van der Waals surface area contributed by atoms with Gasteiger partial charge in [-0.25, -0.2) is 0 Å². The van der Waals surface area contributed by atoms with Crippen LogP contribution >= 0.6 is 0 Å². The van der Waals surface area contributed by atoms with Crippen molar-refractivity contribution < 1.29 is 14.4 Å². The number of hydrogen-bond acceptors (Lipinski definition) is 4. The van der Waals surface area contributed by atoms with E-state index in [0.717, 1.165) is 5.56 Å². The Balaban J connectivity index is 2.71. The van der Waals surface area contributed by atoms with Crippen molar-refractivity contribution in [2.45, 2.75) is 19.4 Å². The molecule has 0 radical (unpaired) electrons. The van der Waals surface area contributed by atoms with Gasteiger partial charge in [-0.3, -0.25) is 14.4 Å². The van der Waals surface area contributed by atoms with Crippen molar-refractivity contribution in [3.63, 3.8) is 0 Å². The van der Waals surface area contributed by atoms with Gasteiger partial charge in [-0.05, 0) is 12.5 Å². The topological polar surface area (TPSA) is 101 Å². The first-order chi connectivity index (χ1) is 9.52. The summed E-state index contributed by atoms with van der Waals surface area (Å²) in [5.41, 5.74) is 6.15. The van der Waals surface area contributed by atoms with Crippen molar-refractivity contribution in [1.82, 2.24) is 10.6 Å². The van der Waals surface area contributed by atoms with Gasteiger partial charge in [0.25, 0.3) is 0 Å². The molecule has 0 spiro atoms. The van der Waals surface area contributed by atoms with Crippen LogP contribution in [0.3, 0.4) is 0 Å². The van der Waals surface area contributed by atoms with E-state index in [2.05, 4.69) is 10.6 Å². The molecular formula is C14H19N3O3. The average Bonchev–Trinajstić information content (AvgIpc) is 2.44. The molecule has 0 aliphatic rings. The minimum absolute atomic E-state index is 0.0530. The van der Waals surface area contributed by atoms with Crippen LogP contribution in [0.4, 0.5) is 0 Å². The van der Waals surface area contributed by atoms with Crippen LogP contribution in [0.1, 0.15) is 12.5 Å². The Morgan fingerprint density at radius 1 is 1.20 bits per heavy atom. The van der Waals surface area contributed by atoms with Crippen LogP contribution in [-0.4, -0.2) is 36.7 Å². The Bertz CT molecular complexity index is 474. The number of carbonyl (C=O) groups excluding carboxylic acids is 3. The van der Waals surface area contributed by atoms with Crippen LogP contribution in [0.15, 0.2) is 30.3 Å². The first-order valence-corrected chi connectivity index (χ1v) is 6.33. The van der Waals surface area contributed by atoms with E-state index in [1.807, 2.05) is 30.3 Å². The molecule has 0 saturated heterocycles. The van der Waals surface area contributed by atoms with Gasteiger partial charge < -0.3 is 16.4 Å². The van der Waals surface area contributed by atoms with Crippen molar-refractivity contribution >= 4 is 17.6 Å². The average molecular weight is 277 g/mol. The summed E-state index contributed by atoms with van der Waals surface area (Å²) in [5, 5.41) is 5.04. The maximum Gasteiger partial charge on any atom is 0.243 e. The van der Waals surface area contributed by atoms with Gasteiger partial charge in [0, 0.05) is 6.42 Å². The molecule has 6 nitrogen and oxygen atoms in total. The normalized spacial score (nSPS) is 11.5. The zero-order chi connectivity index (χ0) is 15.0. The Hall–Kier alpha value is -2.21. The summed E-state index contributed by atoms with van der Waals surface area (Å²) in [6, 6.07) is 8.55. The van der Waals surface area contributed by atoms with E-state index >= 15 is 0 Å². The third kappa shape index (κ3) is 5.62.